The Labute approximate surface area is 105 Å². The first kappa shape index (κ1) is 14.2. The van der Waals surface area contributed by atoms with E-state index in [0.717, 1.165) is 5.92 Å². The van der Waals surface area contributed by atoms with Gasteiger partial charge in [0.1, 0.15) is 0 Å². The van der Waals surface area contributed by atoms with Crippen molar-refractivity contribution < 1.29 is 4.79 Å². The predicted molar refractivity (Wildman–Crippen MR) is 71.8 cm³/mol. The first-order valence-corrected chi connectivity index (χ1v) is 6.79. The molecule has 0 radical (unpaired) electrons. The molecule has 0 spiro atoms. The molecule has 1 amide bonds. The second kappa shape index (κ2) is 7.49. The van der Waals surface area contributed by atoms with E-state index in [2.05, 4.69) is 24.1 Å². The van der Waals surface area contributed by atoms with E-state index in [-0.39, 0.29) is 11.9 Å². The first-order valence-electron chi connectivity index (χ1n) is 6.79. The van der Waals surface area contributed by atoms with Crippen LogP contribution in [0.1, 0.15) is 46.0 Å². The average Bonchev–Trinajstić information content (AvgIpc) is 2.36. The van der Waals surface area contributed by atoms with Gasteiger partial charge in [0.2, 0.25) is 5.91 Å². The number of hydrogen-bond acceptors (Lipinski definition) is 2. The molecule has 0 bridgehead atoms. The van der Waals surface area contributed by atoms with Crippen LogP contribution in [-0.4, -0.2) is 24.5 Å². The number of nitrogens with one attached hydrogen (secondary N) is 2. The lowest BCUT2D eigenvalue weighted by atomic mass is 9.84. The van der Waals surface area contributed by atoms with Crippen LogP contribution < -0.4 is 10.6 Å². The van der Waals surface area contributed by atoms with Gasteiger partial charge in [0.15, 0.2) is 0 Å². The predicted octanol–water partition coefficient (Wildman–Crippen LogP) is 2.24. The largest absolute Gasteiger partial charge is 0.351 e. The highest BCUT2D eigenvalue weighted by molar-refractivity contribution is 5.81. The normalized spacial score (nSPS) is 20.6. The Morgan fingerprint density at radius 3 is 2.59 bits per heavy atom. The summed E-state index contributed by atoms with van der Waals surface area (Å²) >= 11 is 0. The maximum absolute atomic E-state index is 11.7. The highest BCUT2D eigenvalue weighted by Gasteiger charge is 2.22. The summed E-state index contributed by atoms with van der Waals surface area (Å²) in [6.07, 6.45) is 8.36. The van der Waals surface area contributed by atoms with Crippen LogP contribution in [0.15, 0.2) is 12.7 Å². The van der Waals surface area contributed by atoms with E-state index in [0.29, 0.717) is 12.6 Å². The molecular formula is C14H26N2O. The lowest BCUT2D eigenvalue weighted by Gasteiger charge is -2.30. The Morgan fingerprint density at radius 1 is 1.35 bits per heavy atom. The fourth-order valence-electron chi connectivity index (χ4n) is 2.57. The van der Waals surface area contributed by atoms with Crippen LogP contribution in [0, 0.1) is 5.92 Å². The van der Waals surface area contributed by atoms with Crippen molar-refractivity contribution in [1.29, 1.82) is 0 Å². The zero-order valence-electron chi connectivity index (χ0n) is 11.2. The van der Waals surface area contributed by atoms with Gasteiger partial charge in [-0.1, -0.05) is 25.3 Å². The highest BCUT2D eigenvalue weighted by Crippen LogP contribution is 2.26. The van der Waals surface area contributed by atoms with E-state index in [1.807, 2.05) is 6.92 Å². The van der Waals surface area contributed by atoms with Gasteiger partial charge in [-0.05, 0) is 32.6 Å². The first-order chi connectivity index (χ1) is 8.15. The summed E-state index contributed by atoms with van der Waals surface area (Å²) < 4.78 is 0. The number of carbonyl (C=O) groups is 1. The van der Waals surface area contributed by atoms with Crippen molar-refractivity contribution >= 4 is 5.91 Å². The molecule has 1 fully saturated rings. The van der Waals surface area contributed by atoms with Crippen molar-refractivity contribution in [2.45, 2.75) is 58.0 Å². The lowest BCUT2D eigenvalue weighted by Crippen LogP contribution is -2.48. The van der Waals surface area contributed by atoms with Gasteiger partial charge >= 0.3 is 0 Å². The molecule has 98 valence electrons. The van der Waals surface area contributed by atoms with Gasteiger partial charge < -0.3 is 10.6 Å². The summed E-state index contributed by atoms with van der Waals surface area (Å²) in [6.45, 7) is 8.27. The Morgan fingerprint density at radius 2 is 2.00 bits per heavy atom. The monoisotopic (exact) mass is 238 g/mol. The minimum Gasteiger partial charge on any atom is -0.351 e. The Balaban J connectivity index is 2.30. The summed E-state index contributed by atoms with van der Waals surface area (Å²) in [7, 11) is 0. The van der Waals surface area contributed by atoms with E-state index in [4.69, 9.17) is 0 Å². The Kier molecular flexibility index (Phi) is 6.27. The van der Waals surface area contributed by atoms with Crippen molar-refractivity contribution in [3.05, 3.63) is 12.7 Å². The lowest BCUT2D eigenvalue weighted by molar-refractivity contribution is -0.122. The van der Waals surface area contributed by atoms with Crippen molar-refractivity contribution in [1.82, 2.24) is 10.6 Å². The third-order valence-electron chi connectivity index (χ3n) is 3.68. The Hall–Kier alpha value is -0.830. The van der Waals surface area contributed by atoms with Crippen LogP contribution in [0.4, 0.5) is 0 Å². The van der Waals surface area contributed by atoms with Gasteiger partial charge in [-0.3, -0.25) is 4.79 Å². The molecule has 2 atom stereocenters. The quantitative estimate of drug-likeness (QED) is 0.697. The standard InChI is InChI=1S/C14H26N2O/c1-4-10-15-14(17)12(3)16-11(2)13-8-6-5-7-9-13/h4,11-13,16H,1,5-10H2,2-3H3,(H,15,17). The summed E-state index contributed by atoms with van der Waals surface area (Å²) in [5, 5.41) is 6.23. The molecule has 2 N–H and O–H groups in total. The second-order valence-electron chi connectivity index (χ2n) is 5.11. The number of hydrogen-bond donors (Lipinski definition) is 2. The zero-order valence-corrected chi connectivity index (χ0v) is 11.2. The minimum atomic E-state index is -0.119. The van der Waals surface area contributed by atoms with E-state index in [1.54, 1.807) is 6.08 Å². The topological polar surface area (TPSA) is 41.1 Å². The molecule has 0 aromatic heterocycles. The minimum absolute atomic E-state index is 0.0626. The molecule has 1 rings (SSSR count). The molecule has 17 heavy (non-hydrogen) atoms. The SMILES string of the molecule is C=CCNC(=O)C(C)NC(C)C1CCCCC1. The summed E-state index contributed by atoms with van der Waals surface area (Å²) in [6, 6.07) is 0.312. The van der Waals surface area contributed by atoms with Crippen molar-refractivity contribution in [2.24, 2.45) is 5.92 Å². The van der Waals surface area contributed by atoms with Crippen molar-refractivity contribution in [2.75, 3.05) is 6.54 Å². The Bertz CT molecular complexity index is 247. The van der Waals surface area contributed by atoms with Crippen LogP contribution in [0.25, 0.3) is 0 Å². The van der Waals surface area contributed by atoms with Gasteiger partial charge in [-0.2, -0.15) is 0 Å². The number of rotatable bonds is 6. The maximum Gasteiger partial charge on any atom is 0.237 e. The zero-order chi connectivity index (χ0) is 12.7. The average molecular weight is 238 g/mol. The van der Waals surface area contributed by atoms with Gasteiger partial charge in [0.25, 0.3) is 0 Å². The smallest absolute Gasteiger partial charge is 0.237 e. The van der Waals surface area contributed by atoms with E-state index in [9.17, 15) is 4.79 Å². The van der Waals surface area contributed by atoms with Gasteiger partial charge in [-0.15, -0.1) is 6.58 Å². The molecule has 3 heteroatoms. The van der Waals surface area contributed by atoms with Crippen LogP contribution in [0.2, 0.25) is 0 Å². The summed E-state index contributed by atoms with van der Waals surface area (Å²) in [4.78, 5) is 11.7. The molecule has 0 saturated heterocycles. The van der Waals surface area contributed by atoms with Crippen LogP contribution in [-0.2, 0) is 4.79 Å². The van der Waals surface area contributed by atoms with Gasteiger partial charge in [-0.25, -0.2) is 0 Å². The van der Waals surface area contributed by atoms with E-state index in [1.165, 1.54) is 32.1 Å². The molecule has 1 aliphatic rings. The van der Waals surface area contributed by atoms with Crippen LogP contribution in [0.5, 0.6) is 0 Å². The van der Waals surface area contributed by atoms with Crippen LogP contribution >= 0.6 is 0 Å². The van der Waals surface area contributed by atoms with Crippen molar-refractivity contribution in [3.63, 3.8) is 0 Å². The molecule has 0 heterocycles. The molecule has 2 unspecified atom stereocenters. The second-order valence-corrected chi connectivity index (χ2v) is 5.11. The summed E-state index contributed by atoms with van der Waals surface area (Å²) in [5.74, 6) is 0.797. The van der Waals surface area contributed by atoms with Gasteiger partial charge in [0, 0.05) is 12.6 Å². The molecule has 0 aromatic carbocycles. The molecular weight excluding hydrogens is 212 g/mol. The summed E-state index contributed by atoms with van der Waals surface area (Å²) in [5.41, 5.74) is 0. The number of amides is 1. The molecule has 1 saturated carbocycles. The molecule has 3 nitrogen and oxygen atoms in total. The fourth-order valence-corrected chi connectivity index (χ4v) is 2.57. The van der Waals surface area contributed by atoms with Crippen molar-refractivity contribution in [3.8, 4) is 0 Å². The fraction of sp³-hybridized carbons (Fsp3) is 0.786. The maximum atomic E-state index is 11.7. The van der Waals surface area contributed by atoms with E-state index < -0.39 is 0 Å². The highest BCUT2D eigenvalue weighted by atomic mass is 16.2. The number of carbonyl (C=O) groups excluding carboxylic acids is 1. The van der Waals surface area contributed by atoms with Gasteiger partial charge in [0.05, 0.1) is 6.04 Å². The van der Waals surface area contributed by atoms with E-state index >= 15 is 0 Å². The molecule has 0 aliphatic heterocycles. The third kappa shape index (κ3) is 4.90. The third-order valence-corrected chi connectivity index (χ3v) is 3.68. The molecule has 1 aliphatic carbocycles. The van der Waals surface area contributed by atoms with Crippen LogP contribution in [0.3, 0.4) is 0 Å². The molecule has 0 aromatic rings.